The topological polar surface area (TPSA) is 60.7 Å². The highest BCUT2D eigenvalue weighted by molar-refractivity contribution is 9.10. The molecule has 0 radical (unpaired) electrons. The maximum atomic E-state index is 10.8. The van der Waals surface area contributed by atoms with Gasteiger partial charge in [0.05, 0.1) is 5.69 Å². The van der Waals surface area contributed by atoms with E-state index < -0.39 is 0 Å². The van der Waals surface area contributed by atoms with Gasteiger partial charge >= 0.3 is 0 Å². The van der Waals surface area contributed by atoms with Crippen molar-refractivity contribution in [1.82, 2.24) is 20.2 Å². The molecule has 1 aromatic heterocycles. The van der Waals surface area contributed by atoms with Gasteiger partial charge in [0.2, 0.25) is 0 Å². The molecule has 1 aromatic carbocycles. The van der Waals surface area contributed by atoms with Crippen molar-refractivity contribution in [2.45, 2.75) is 0 Å². The first-order valence-electron chi connectivity index (χ1n) is 3.79. The Labute approximate surface area is 87.9 Å². The lowest BCUT2D eigenvalue weighted by molar-refractivity contribution is 0.112. The van der Waals surface area contributed by atoms with Gasteiger partial charge in [0.1, 0.15) is 6.33 Å². The largest absolute Gasteiger partial charge is 0.298 e. The first kappa shape index (κ1) is 9.01. The van der Waals surface area contributed by atoms with Gasteiger partial charge in [0, 0.05) is 10.0 Å². The fraction of sp³-hybridized carbons (Fsp3) is 0. The lowest BCUT2D eigenvalue weighted by Gasteiger charge is -2.02. The molecule has 70 valence electrons. The van der Waals surface area contributed by atoms with Crippen LogP contribution in [0.4, 0.5) is 0 Å². The SMILES string of the molecule is O=Cc1cc(Br)ccc1-n1cnnn1. The predicted octanol–water partition coefficient (Wildman–Crippen LogP) is 1.24. The van der Waals surface area contributed by atoms with Crippen LogP contribution in [-0.4, -0.2) is 26.5 Å². The number of carbonyl (C=O) groups excluding carboxylic acids is 1. The first-order chi connectivity index (χ1) is 6.81. The molecule has 0 spiro atoms. The van der Waals surface area contributed by atoms with Crippen molar-refractivity contribution in [3.05, 3.63) is 34.6 Å². The Balaban J connectivity index is 2.58. The lowest BCUT2D eigenvalue weighted by atomic mass is 10.2. The molecule has 0 unspecified atom stereocenters. The zero-order valence-corrected chi connectivity index (χ0v) is 8.55. The van der Waals surface area contributed by atoms with Gasteiger partial charge in [-0.15, -0.1) is 5.10 Å². The molecule has 0 bridgehead atoms. The van der Waals surface area contributed by atoms with Crippen LogP contribution in [0.1, 0.15) is 10.4 Å². The number of carbonyl (C=O) groups is 1. The molecule has 2 rings (SSSR count). The van der Waals surface area contributed by atoms with Crippen molar-refractivity contribution in [3.63, 3.8) is 0 Å². The number of benzene rings is 1. The zero-order valence-electron chi connectivity index (χ0n) is 6.96. The molecule has 0 atom stereocenters. The van der Waals surface area contributed by atoms with E-state index in [2.05, 4.69) is 31.5 Å². The van der Waals surface area contributed by atoms with Gasteiger partial charge in [-0.05, 0) is 28.6 Å². The van der Waals surface area contributed by atoms with E-state index in [-0.39, 0.29) is 0 Å². The van der Waals surface area contributed by atoms with Crippen LogP contribution in [0.5, 0.6) is 0 Å². The molecule has 0 aliphatic heterocycles. The van der Waals surface area contributed by atoms with Crippen molar-refractivity contribution in [2.75, 3.05) is 0 Å². The summed E-state index contributed by atoms with van der Waals surface area (Å²) in [6, 6.07) is 5.30. The van der Waals surface area contributed by atoms with Gasteiger partial charge in [0.15, 0.2) is 6.29 Å². The molecule has 0 aliphatic carbocycles. The summed E-state index contributed by atoms with van der Waals surface area (Å²) in [5.74, 6) is 0. The number of halogens is 1. The molecule has 0 saturated heterocycles. The Kier molecular flexibility index (Phi) is 2.36. The Hall–Kier alpha value is -1.56. The van der Waals surface area contributed by atoms with Gasteiger partial charge < -0.3 is 0 Å². The van der Waals surface area contributed by atoms with E-state index in [0.29, 0.717) is 11.3 Å². The zero-order chi connectivity index (χ0) is 9.97. The van der Waals surface area contributed by atoms with Gasteiger partial charge in [0.25, 0.3) is 0 Å². The van der Waals surface area contributed by atoms with Gasteiger partial charge in [-0.25, -0.2) is 0 Å². The van der Waals surface area contributed by atoms with E-state index in [1.54, 1.807) is 12.1 Å². The minimum atomic E-state index is 0.534. The Bertz CT molecular complexity index is 454. The monoisotopic (exact) mass is 252 g/mol. The fourth-order valence-electron chi connectivity index (χ4n) is 1.10. The van der Waals surface area contributed by atoms with Gasteiger partial charge in [-0.1, -0.05) is 15.9 Å². The minimum Gasteiger partial charge on any atom is -0.298 e. The van der Waals surface area contributed by atoms with E-state index in [1.165, 1.54) is 11.0 Å². The molecule has 0 saturated carbocycles. The average Bonchev–Trinajstić information content (AvgIpc) is 2.70. The Morgan fingerprint density at radius 2 is 2.29 bits per heavy atom. The molecule has 0 amide bonds. The molecular formula is C8H5BrN4O. The van der Waals surface area contributed by atoms with Crippen molar-refractivity contribution < 1.29 is 4.79 Å². The third-order valence-electron chi connectivity index (χ3n) is 1.71. The lowest BCUT2D eigenvalue weighted by Crippen LogP contribution is -1.99. The number of hydrogen-bond acceptors (Lipinski definition) is 4. The van der Waals surface area contributed by atoms with E-state index in [1.807, 2.05) is 6.07 Å². The van der Waals surface area contributed by atoms with E-state index in [4.69, 9.17) is 0 Å². The summed E-state index contributed by atoms with van der Waals surface area (Å²) in [6.45, 7) is 0. The summed E-state index contributed by atoms with van der Waals surface area (Å²) in [5.41, 5.74) is 1.19. The molecule has 0 N–H and O–H groups in total. The second-order valence-electron chi connectivity index (χ2n) is 2.58. The average molecular weight is 253 g/mol. The van der Waals surface area contributed by atoms with Crippen LogP contribution in [0.2, 0.25) is 0 Å². The molecule has 0 aliphatic rings. The number of hydrogen-bond donors (Lipinski definition) is 0. The third-order valence-corrected chi connectivity index (χ3v) is 2.21. The van der Waals surface area contributed by atoms with Crippen LogP contribution in [0, 0.1) is 0 Å². The van der Waals surface area contributed by atoms with E-state index in [0.717, 1.165) is 10.8 Å². The molecule has 14 heavy (non-hydrogen) atoms. The highest BCUT2D eigenvalue weighted by Gasteiger charge is 2.05. The number of aldehydes is 1. The number of aromatic nitrogens is 4. The first-order valence-corrected chi connectivity index (χ1v) is 4.58. The fourth-order valence-corrected chi connectivity index (χ4v) is 1.48. The highest BCUT2D eigenvalue weighted by Crippen LogP contribution is 2.17. The number of rotatable bonds is 2. The van der Waals surface area contributed by atoms with Crippen LogP contribution in [0.25, 0.3) is 5.69 Å². The van der Waals surface area contributed by atoms with Crippen molar-refractivity contribution in [1.29, 1.82) is 0 Å². The molecule has 6 heteroatoms. The van der Waals surface area contributed by atoms with Crippen molar-refractivity contribution >= 4 is 22.2 Å². The van der Waals surface area contributed by atoms with Gasteiger partial charge in [-0.2, -0.15) is 4.68 Å². The summed E-state index contributed by atoms with van der Waals surface area (Å²) in [5, 5.41) is 10.7. The Morgan fingerprint density at radius 3 is 2.93 bits per heavy atom. The second kappa shape index (κ2) is 3.67. The number of nitrogens with zero attached hydrogens (tertiary/aromatic N) is 4. The van der Waals surface area contributed by atoms with Crippen LogP contribution in [0.15, 0.2) is 29.0 Å². The minimum absolute atomic E-state index is 0.534. The smallest absolute Gasteiger partial charge is 0.152 e. The molecule has 0 fully saturated rings. The molecular weight excluding hydrogens is 248 g/mol. The maximum Gasteiger partial charge on any atom is 0.152 e. The Morgan fingerprint density at radius 1 is 1.43 bits per heavy atom. The van der Waals surface area contributed by atoms with E-state index >= 15 is 0 Å². The summed E-state index contributed by atoms with van der Waals surface area (Å²) in [4.78, 5) is 10.8. The summed E-state index contributed by atoms with van der Waals surface area (Å²) >= 11 is 3.28. The second-order valence-corrected chi connectivity index (χ2v) is 3.49. The predicted molar refractivity (Wildman–Crippen MR) is 52.2 cm³/mol. The van der Waals surface area contributed by atoms with Crippen LogP contribution in [0.3, 0.4) is 0 Å². The van der Waals surface area contributed by atoms with Crippen LogP contribution >= 0.6 is 15.9 Å². The van der Waals surface area contributed by atoms with Gasteiger partial charge in [-0.3, -0.25) is 4.79 Å². The standard InChI is InChI=1S/C8H5BrN4O/c9-7-1-2-8(6(3-7)4-14)13-5-10-11-12-13/h1-5H. The summed E-state index contributed by atoms with van der Waals surface area (Å²) < 4.78 is 2.28. The molecule has 2 aromatic rings. The van der Waals surface area contributed by atoms with Crippen LogP contribution < -0.4 is 0 Å². The third kappa shape index (κ3) is 1.56. The summed E-state index contributed by atoms with van der Waals surface area (Å²) in [7, 11) is 0. The normalized spacial score (nSPS) is 10.1. The van der Waals surface area contributed by atoms with Crippen molar-refractivity contribution in [3.8, 4) is 5.69 Å². The molecule has 1 heterocycles. The molecule has 5 nitrogen and oxygen atoms in total. The quantitative estimate of drug-likeness (QED) is 0.755. The van der Waals surface area contributed by atoms with E-state index in [9.17, 15) is 4.79 Å². The maximum absolute atomic E-state index is 10.8. The van der Waals surface area contributed by atoms with Crippen LogP contribution in [-0.2, 0) is 0 Å². The number of tetrazole rings is 1. The summed E-state index contributed by atoms with van der Waals surface area (Å²) in [6.07, 6.45) is 2.21. The van der Waals surface area contributed by atoms with Crippen molar-refractivity contribution in [2.24, 2.45) is 0 Å². The highest BCUT2D eigenvalue weighted by atomic mass is 79.9.